The average molecular weight is 387 g/mol. The molecule has 28 heavy (non-hydrogen) atoms. The van der Waals surface area contributed by atoms with Gasteiger partial charge in [0, 0.05) is 33.2 Å². The van der Waals surface area contributed by atoms with E-state index in [1.807, 2.05) is 23.1 Å². The van der Waals surface area contributed by atoms with Crippen LogP contribution in [0.2, 0.25) is 0 Å². The quantitative estimate of drug-likeness (QED) is 0.679. The molecule has 156 valence electrons. The molecule has 0 spiro atoms. The van der Waals surface area contributed by atoms with Crippen LogP contribution in [0.3, 0.4) is 0 Å². The number of amides is 2. The van der Waals surface area contributed by atoms with E-state index in [-0.39, 0.29) is 6.03 Å². The van der Waals surface area contributed by atoms with E-state index in [0.717, 1.165) is 55.7 Å². The molecule has 2 amide bonds. The molecule has 1 aliphatic heterocycles. The van der Waals surface area contributed by atoms with E-state index in [0.29, 0.717) is 0 Å². The highest BCUT2D eigenvalue weighted by Crippen LogP contribution is 2.30. The van der Waals surface area contributed by atoms with Gasteiger partial charge in [-0.05, 0) is 76.1 Å². The molecule has 0 atom stereocenters. The van der Waals surface area contributed by atoms with Gasteiger partial charge in [-0.3, -0.25) is 0 Å². The smallest absolute Gasteiger partial charge is 0.321 e. The van der Waals surface area contributed by atoms with Crippen LogP contribution in [-0.4, -0.2) is 62.1 Å². The van der Waals surface area contributed by atoms with Crippen molar-refractivity contribution < 1.29 is 4.79 Å². The number of nitrogens with one attached hydrogen (secondary N) is 1. The monoisotopic (exact) mass is 386 g/mol. The van der Waals surface area contributed by atoms with Crippen molar-refractivity contribution in [2.75, 3.05) is 56.5 Å². The standard InChI is InChI=1S/C23H38N4O/c1-4-25(3)22-9-7-6-8-21(22)24-23(28)27-16-13-19(14-17-27)12-15-26(5-2)18-20-10-11-20/h6-9,19-20H,4-5,10-18H2,1-3H3,(H,24,28). The maximum Gasteiger partial charge on any atom is 0.321 e. The third-order valence-corrected chi connectivity index (χ3v) is 6.45. The van der Waals surface area contributed by atoms with E-state index < -0.39 is 0 Å². The molecule has 3 rings (SSSR count). The predicted octanol–water partition coefficient (Wildman–Crippen LogP) is 4.51. The normalized spacial score (nSPS) is 17.8. The van der Waals surface area contributed by atoms with Gasteiger partial charge in [-0.25, -0.2) is 4.79 Å². The number of piperidine rings is 1. The first kappa shape index (κ1) is 21.0. The van der Waals surface area contributed by atoms with Crippen LogP contribution in [-0.2, 0) is 0 Å². The zero-order valence-corrected chi connectivity index (χ0v) is 18.0. The number of carbonyl (C=O) groups is 1. The fraction of sp³-hybridized carbons (Fsp3) is 0.696. The minimum Gasteiger partial charge on any atom is -0.373 e. The Labute approximate surface area is 171 Å². The van der Waals surface area contributed by atoms with Gasteiger partial charge >= 0.3 is 6.03 Å². The lowest BCUT2D eigenvalue weighted by Gasteiger charge is -2.33. The zero-order valence-electron chi connectivity index (χ0n) is 18.0. The van der Waals surface area contributed by atoms with E-state index in [4.69, 9.17) is 0 Å². The number of urea groups is 1. The number of likely N-dealkylation sites (tertiary alicyclic amines) is 1. The summed E-state index contributed by atoms with van der Waals surface area (Å²) in [6, 6.07) is 8.10. The van der Waals surface area contributed by atoms with Gasteiger partial charge in [0.1, 0.15) is 0 Å². The Bertz CT molecular complexity index is 623. The number of carbonyl (C=O) groups excluding carboxylic acids is 1. The number of hydrogen-bond acceptors (Lipinski definition) is 3. The largest absolute Gasteiger partial charge is 0.373 e. The molecule has 5 heteroatoms. The molecular formula is C23H38N4O. The first-order valence-electron chi connectivity index (χ1n) is 11.2. The summed E-state index contributed by atoms with van der Waals surface area (Å²) < 4.78 is 0. The summed E-state index contributed by atoms with van der Waals surface area (Å²) in [5.74, 6) is 1.73. The maximum absolute atomic E-state index is 12.8. The lowest BCUT2D eigenvalue weighted by atomic mass is 9.93. The van der Waals surface area contributed by atoms with Gasteiger partial charge < -0.3 is 20.0 Å². The first-order valence-corrected chi connectivity index (χ1v) is 11.2. The highest BCUT2D eigenvalue weighted by Gasteiger charge is 2.26. The fourth-order valence-electron chi connectivity index (χ4n) is 4.11. The highest BCUT2D eigenvalue weighted by molar-refractivity contribution is 5.93. The second kappa shape index (κ2) is 10.1. The highest BCUT2D eigenvalue weighted by atomic mass is 16.2. The lowest BCUT2D eigenvalue weighted by molar-refractivity contribution is 0.170. The minimum atomic E-state index is 0.0410. The van der Waals surface area contributed by atoms with Crippen LogP contribution in [0.4, 0.5) is 16.2 Å². The summed E-state index contributed by atoms with van der Waals surface area (Å²) >= 11 is 0. The third-order valence-electron chi connectivity index (χ3n) is 6.45. The molecule has 1 aliphatic carbocycles. The Hall–Kier alpha value is -1.75. The Morgan fingerprint density at radius 3 is 2.43 bits per heavy atom. The Balaban J connectivity index is 1.44. The molecule has 1 aromatic carbocycles. The van der Waals surface area contributed by atoms with Crippen molar-refractivity contribution in [2.24, 2.45) is 11.8 Å². The third kappa shape index (κ3) is 5.87. The molecule has 1 heterocycles. The van der Waals surface area contributed by atoms with Crippen molar-refractivity contribution >= 4 is 17.4 Å². The Kier molecular flexibility index (Phi) is 7.60. The lowest BCUT2D eigenvalue weighted by Crippen LogP contribution is -2.41. The second-order valence-corrected chi connectivity index (χ2v) is 8.52. The van der Waals surface area contributed by atoms with Crippen molar-refractivity contribution in [1.82, 2.24) is 9.80 Å². The predicted molar refractivity (Wildman–Crippen MR) is 118 cm³/mol. The molecule has 0 unspecified atom stereocenters. The number of anilines is 2. The van der Waals surface area contributed by atoms with Crippen LogP contribution >= 0.6 is 0 Å². The number of benzene rings is 1. The first-order chi connectivity index (χ1) is 13.6. The van der Waals surface area contributed by atoms with Crippen LogP contribution in [0, 0.1) is 11.8 Å². The summed E-state index contributed by atoms with van der Waals surface area (Å²) in [5.41, 5.74) is 1.97. The topological polar surface area (TPSA) is 38.8 Å². The number of nitrogens with zero attached hydrogens (tertiary/aromatic N) is 3. The van der Waals surface area contributed by atoms with Crippen molar-refractivity contribution in [3.63, 3.8) is 0 Å². The van der Waals surface area contributed by atoms with Gasteiger partial charge in [0.25, 0.3) is 0 Å². The molecule has 0 radical (unpaired) electrons. The molecule has 1 saturated carbocycles. The summed E-state index contributed by atoms with van der Waals surface area (Å²) in [6.45, 7) is 10.7. The second-order valence-electron chi connectivity index (χ2n) is 8.52. The van der Waals surface area contributed by atoms with Crippen LogP contribution < -0.4 is 10.2 Å². The fourth-order valence-corrected chi connectivity index (χ4v) is 4.11. The van der Waals surface area contributed by atoms with Crippen LogP contribution in [0.15, 0.2) is 24.3 Å². The van der Waals surface area contributed by atoms with Crippen molar-refractivity contribution in [3.05, 3.63) is 24.3 Å². The van der Waals surface area contributed by atoms with Crippen LogP contribution in [0.1, 0.15) is 46.0 Å². The van der Waals surface area contributed by atoms with E-state index >= 15 is 0 Å². The van der Waals surface area contributed by atoms with Gasteiger partial charge in [-0.1, -0.05) is 19.1 Å². The van der Waals surface area contributed by atoms with Crippen LogP contribution in [0.5, 0.6) is 0 Å². The van der Waals surface area contributed by atoms with Gasteiger partial charge in [0.15, 0.2) is 0 Å². The number of rotatable bonds is 9. The van der Waals surface area contributed by atoms with Gasteiger partial charge in [0.05, 0.1) is 11.4 Å². The molecule has 1 aromatic rings. The summed E-state index contributed by atoms with van der Waals surface area (Å²) in [4.78, 5) is 19.5. The zero-order chi connectivity index (χ0) is 19.9. The molecular weight excluding hydrogens is 348 g/mol. The van der Waals surface area contributed by atoms with Gasteiger partial charge in [-0.15, -0.1) is 0 Å². The molecule has 0 bridgehead atoms. The molecule has 1 saturated heterocycles. The van der Waals surface area contributed by atoms with Gasteiger partial charge in [0.2, 0.25) is 0 Å². The van der Waals surface area contributed by atoms with E-state index in [1.165, 1.54) is 38.9 Å². The Morgan fingerprint density at radius 2 is 1.79 bits per heavy atom. The summed E-state index contributed by atoms with van der Waals surface area (Å²) in [5, 5.41) is 3.14. The molecule has 2 aliphatic rings. The molecule has 5 nitrogen and oxygen atoms in total. The Morgan fingerprint density at radius 1 is 1.07 bits per heavy atom. The average Bonchev–Trinajstić information content (AvgIpc) is 3.55. The molecule has 1 N–H and O–H groups in total. The van der Waals surface area contributed by atoms with Gasteiger partial charge in [-0.2, -0.15) is 0 Å². The number of para-hydroxylation sites is 2. The van der Waals surface area contributed by atoms with E-state index in [9.17, 15) is 4.79 Å². The molecule has 0 aromatic heterocycles. The van der Waals surface area contributed by atoms with Crippen molar-refractivity contribution in [1.29, 1.82) is 0 Å². The van der Waals surface area contributed by atoms with Crippen molar-refractivity contribution in [2.45, 2.75) is 46.0 Å². The molecule has 2 fully saturated rings. The van der Waals surface area contributed by atoms with Crippen LogP contribution in [0.25, 0.3) is 0 Å². The SMILES string of the molecule is CCN(CCC1CCN(C(=O)Nc2ccccc2N(C)CC)CC1)CC1CC1. The maximum atomic E-state index is 12.8. The minimum absolute atomic E-state index is 0.0410. The summed E-state index contributed by atoms with van der Waals surface area (Å²) in [7, 11) is 2.05. The van der Waals surface area contributed by atoms with E-state index in [1.54, 1.807) is 0 Å². The summed E-state index contributed by atoms with van der Waals surface area (Å²) in [6.07, 6.45) is 6.40. The van der Waals surface area contributed by atoms with E-state index in [2.05, 4.69) is 42.1 Å². The van der Waals surface area contributed by atoms with Crippen molar-refractivity contribution in [3.8, 4) is 0 Å². The number of hydrogen-bond donors (Lipinski definition) is 1.